The second-order valence-corrected chi connectivity index (χ2v) is 10.6. The zero-order valence-electron chi connectivity index (χ0n) is 19.6. The van der Waals surface area contributed by atoms with Gasteiger partial charge in [-0.1, -0.05) is 24.6 Å². The van der Waals surface area contributed by atoms with Gasteiger partial charge >= 0.3 is 6.18 Å². The Balaban J connectivity index is 1.19. The number of hydrogen-bond acceptors (Lipinski definition) is 4. The summed E-state index contributed by atoms with van der Waals surface area (Å²) in [6.45, 7) is 1.41. The van der Waals surface area contributed by atoms with Crippen LogP contribution in [0.2, 0.25) is 0 Å². The number of halogens is 3. The molecule has 5 nitrogen and oxygen atoms in total. The van der Waals surface area contributed by atoms with Gasteiger partial charge in [-0.2, -0.15) is 13.2 Å². The van der Waals surface area contributed by atoms with Gasteiger partial charge in [-0.25, -0.2) is 0 Å². The van der Waals surface area contributed by atoms with Crippen molar-refractivity contribution >= 4 is 5.91 Å². The van der Waals surface area contributed by atoms with Gasteiger partial charge in [-0.15, -0.1) is 0 Å². The van der Waals surface area contributed by atoms with Gasteiger partial charge in [0, 0.05) is 55.5 Å². The Kier molecular flexibility index (Phi) is 5.55. The highest BCUT2D eigenvalue weighted by molar-refractivity contribution is 5.84. The first-order valence-electron chi connectivity index (χ1n) is 12.7. The van der Waals surface area contributed by atoms with Crippen LogP contribution in [0.3, 0.4) is 0 Å². The number of ether oxygens (including phenoxy) is 1. The van der Waals surface area contributed by atoms with Crippen LogP contribution in [0, 0.1) is 11.3 Å². The summed E-state index contributed by atoms with van der Waals surface area (Å²) >= 11 is 0. The van der Waals surface area contributed by atoms with Crippen molar-refractivity contribution in [1.82, 2.24) is 15.2 Å². The molecule has 0 radical (unpaired) electrons. The first-order valence-corrected chi connectivity index (χ1v) is 12.7. The van der Waals surface area contributed by atoms with Crippen molar-refractivity contribution < 1.29 is 22.7 Å². The van der Waals surface area contributed by atoms with Crippen LogP contribution in [0.25, 0.3) is 0 Å². The quantitative estimate of drug-likeness (QED) is 0.661. The number of carbonyl (C=O) groups excluding carboxylic acids is 1. The molecule has 35 heavy (non-hydrogen) atoms. The van der Waals surface area contributed by atoms with Crippen LogP contribution in [0.5, 0.6) is 5.75 Å². The SMILES string of the molecule is O=C(N1CCc2ncc(C(F)(F)F)cc2C1)[C@@]12CCC[C@@H]1C[C@@H](N[C@H]1CCOc3ccccc31)C2. The van der Waals surface area contributed by atoms with Crippen molar-refractivity contribution in [2.75, 3.05) is 13.2 Å². The Hall–Kier alpha value is -2.61. The van der Waals surface area contributed by atoms with Crippen molar-refractivity contribution in [3.8, 4) is 5.75 Å². The first-order chi connectivity index (χ1) is 16.8. The summed E-state index contributed by atoms with van der Waals surface area (Å²) in [5.41, 5.74) is 1.22. The molecule has 2 aliphatic carbocycles. The molecule has 0 saturated heterocycles. The lowest BCUT2D eigenvalue weighted by atomic mass is 9.78. The molecule has 0 bridgehead atoms. The topological polar surface area (TPSA) is 54.5 Å². The lowest BCUT2D eigenvalue weighted by molar-refractivity contribution is -0.144. The summed E-state index contributed by atoms with van der Waals surface area (Å²) < 4.78 is 45.5. The highest BCUT2D eigenvalue weighted by Gasteiger charge is 2.56. The van der Waals surface area contributed by atoms with Crippen molar-refractivity contribution in [2.24, 2.45) is 11.3 Å². The van der Waals surface area contributed by atoms with E-state index in [1.807, 2.05) is 18.2 Å². The van der Waals surface area contributed by atoms with Gasteiger partial charge in [0.1, 0.15) is 5.75 Å². The van der Waals surface area contributed by atoms with Gasteiger partial charge in [0.25, 0.3) is 0 Å². The van der Waals surface area contributed by atoms with Crippen LogP contribution in [0.4, 0.5) is 13.2 Å². The number of fused-ring (bicyclic) bond motifs is 3. The van der Waals surface area contributed by atoms with Crippen molar-refractivity contribution in [1.29, 1.82) is 0 Å². The molecule has 1 N–H and O–H groups in total. The molecule has 4 aliphatic rings. The third-order valence-electron chi connectivity index (χ3n) is 8.61. The van der Waals surface area contributed by atoms with Crippen LogP contribution in [0.15, 0.2) is 36.5 Å². The number of amides is 1. The third kappa shape index (κ3) is 3.99. The molecule has 2 aliphatic heterocycles. The van der Waals surface area contributed by atoms with Crippen LogP contribution in [-0.4, -0.2) is 35.0 Å². The lowest BCUT2D eigenvalue weighted by Crippen LogP contribution is -2.47. The Labute approximate surface area is 203 Å². The number of aromatic nitrogens is 1. The van der Waals surface area contributed by atoms with E-state index in [1.165, 1.54) is 11.6 Å². The molecule has 6 rings (SSSR count). The average molecular weight is 486 g/mol. The minimum atomic E-state index is -4.43. The highest BCUT2D eigenvalue weighted by Crippen LogP contribution is 2.56. The zero-order valence-corrected chi connectivity index (χ0v) is 19.6. The maximum absolute atomic E-state index is 14.0. The summed E-state index contributed by atoms with van der Waals surface area (Å²) in [6.07, 6.45) is 2.57. The smallest absolute Gasteiger partial charge is 0.417 e. The van der Waals surface area contributed by atoms with Crippen molar-refractivity contribution in [3.05, 3.63) is 58.9 Å². The van der Waals surface area contributed by atoms with Gasteiger partial charge in [-0.3, -0.25) is 9.78 Å². The number of hydrogen-bond donors (Lipinski definition) is 1. The predicted molar refractivity (Wildman–Crippen MR) is 124 cm³/mol. The van der Waals surface area contributed by atoms with E-state index in [0.29, 0.717) is 36.7 Å². The number of benzene rings is 1. The van der Waals surface area contributed by atoms with E-state index in [-0.39, 0.29) is 24.5 Å². The molecule has 3 heterocycles. The molecule has 0 spiro atoms. The van der Waals surface area contributed by atoms with Gasteiger partial charge in [0.2, 0.25) is 5.91 Å². The van der Waals surface area contributed by atoms with Crippen LogP contribution in [0.1, 0.15) is 67.0 Å². The fraction of sp³-hybridized carbons (Fsp3) is 0.556. The highest BCUT2D eigenvalue weighted by atomic mass is 19.4. The first kappa shape index (κ1) is 22.8. The minimum absolute atomic E-state index is 0.125. The molecule has 2 saturated carbocycles. The van der Waals surface area contributed by atoms with Gasteiger partial charge in [0.15, 0.2) is 0 Å². The molecular weight excluding hydrogens is 455 g/mol. The fourth-order valence-corrected chi connectivity index (χ4v) is 6.99. The van der Waals surface area contributed by atoms with E-state index in [1.54, 1.807) is 4.90 Å². The maximum Gasteiger partial charge on any atom is 0.417 e. The van der Waals surface area contributed by atoms with E-state index >= 15 is 0 Å². The standard InChI is InChI=1S/C27H30F3N3O2/c28-27(29,30)19-12-17-16-33(10-7-22(17)31-15-19)25(34)26-9-3-4-18(26)13-20(14-26)32-23-8-11-35-24-6-2-1-5-21(23)24/h1-2,5-6,12,15,18,20,23,32H,3-4,7-11,13-14,16H2/t18-,20-,23+,26-/m1/s1. The van der Waals surface area contributed by atoms with Gasteiger partial charge in [-0.05, 0) is 49.3 Å². The molecule has 8 heteroatoms. The Morgan fingerprint density at radius 3 is 2.94 bits per heavy atom. The summed E-state index contributed by atoms with van der Waals surface area (Å²) in [7, 11) is 0. The van der Waals surface area contributed by atoms with E-state index in [2.05, 4.69) is 16.4 Å². The van der Waals surface area contributed by atoms with Gasteiger partial charge < -0.3 is 15.0 Å². The normalized spacial score (nSPS) is 29.8. The maximum atomic E-state index is 14.0. The summed E-state index contributed by atoms with van der Waals surface area (Å²) in [5, 5.41) is 3.84. The van der Waals surface area contributed by atoms with Gasteiger partial charge in [0.05, 0.1) is 17.6 Å². The molecule has 2 fully saturated rings. The Morgan fingerprint density at radius 2 is 2.09 bits per heavy atom. The predicted octanol–water partition coefficient (Wildman–Crippen LogP) is 5.05. The molecule has 4 atom stereocenters. The molecule has 0 unspecified atom stereocenters. The molecule has 1 amide bonds. The molecule has 1 aromatic carbocycles. The van der Waals surface area contributed by atoms with E-state index in [0.717, 1.165) is 50.5 Å². The monoisotopic (exact) mass is 485 g/mol. The third-order valence-corrected chi connectivity index (χ3v) is 8.61. The Bertz CT molecular complexity index is 1140. The molecule has 1 aromatic heterocycles. The van der Waals surface area contributed by atoms with Crippen molar-refractivity contribution in [3.63, 3.8) is 0 Å². The number of nitrogens with zero attached hydrogens (tertiary/aromatic N) is 2. The summed E-state index contributed by atoms with van der Waals surface area (Å²) in [6, 6.07) is 9.76. The van der Waals surface area contributed by atoms with E-state index < -0.39 is 17.2 Å². The number of alkyl halides is 3. The average Bonchev–Trinajstić information content (AvgIpc) is 3.40. The van der Waals surface area contributed by atoms with E-state index in [9.17, 15) is 18.0 Å². The zero-order chi connectivity index (χ0) is 24.2. The fourth-order valence-electron chi connectivity index (χ4n) is 6.99. The van der Waals surface area contributed by atoms with Crippen molar-refractivity contribution in [2.45, 2.75) is 69.8 Å². The minimum Gasteiger partial charge on any atom is -0.493 e. The van der Waals surface area contributed by atoms with E-state index in [4.69, 9.17) is 4.74 Å². The summed E-state index contributed by atoms with van der Waals surface area (Å²) in [4.78, 5) is 19.8. The van der Waals surface area contributed by atoms with Crippen LogP contribution in [-0.2, 0) is 23.9 Å². The number of nitrogens with one attached hydrogen (secondary N) is 1. The number of para-hydroxylation sites is 1. The largest absolute Gasteiger partial charge is 0.493 e. The number of carbonyl (C=O) groups is 1. The Morgan fingerprint density at radius 1 is 1.23 bits per heavy atom. The van der Waals surface area contributed by atoms with Crippen LogP contribution < -0.4 is 10.1 Å². The second kappa shape index (κ2) is 8.50. The summed E-state index contributed by atoms with van der Waals surface area (Å²) in [5.74, 6) is 1.38. The van der Waals surface area contributed by atoms with Crippen LogP contribution >= 0.6 is 0 Å². The second-order valence-electron chi connectivity index (χ2n) is 10.6. The lowest BCUT2D eigenvalue weighted by Gasteiger charge is -2.37. The molecular formula is C27H30F3N3O2. The number of rotatable bonds is 3. The number of pyridine rings is 1. The molecule has 2 aromatic rings. The molecule has 186 valence electrons.